The first kappa shape index (κ1) is 24.5. The van der Waals surface area contributed by atoms with Gasteiger partial charge in [-0.25, -0.2) is 9.78 Å². The lowest BCUT2D eigenvalue weighted by Gasteiger charge is -2.16. The SMILES string of the molecule is CCCOc1ccc(C(F)(F)F)cc1NC(=O)c1cc(C2CC2)nc2c1c(=O)[nH]c(=O)n2CCC. The van der Waals surface area contributed by atoms with Gasteiger partial charge in [-0.2, -0.15) is 13.2 Å². The van der Waals surface area contributed by atoms with Gasteiger partial charge in [-0.05, 0) is 49.9 Å². The average molecular weight is 490 g/mol. The van der Waals surface area contributed by atoms with Crippen molar-refractivity contribution in [1.29, 1.82) is 0 Å². The fourth-order valence-electron chi connectivity index (χ4n) is 3.82. The van der Waals surface area contributed by atoms with Crippen LogP contribution in [-0.4, -0.2) is 27.0 Å². The molecule has 1 aliphatic rings. The van der Waals surface area contributed by atoms with E-state index in [0.29, 0.717) is 18.5 Å². The summed E-state index contributed by atoms with van der Waals surface area (Å²) in [6.45, 7) is 4.21. The largest absolute Gasteiger partial charge is 0.491 e. The van der Waals surface area contributed by atoms with E-state index in [1.807, 2.05) is 13.8 Å². The Morgan fingerprint density at radius 1 is 1.20 bits per heavy atom. The quantitative estimate of drug-likeness (QED) is 0.486. The van der Waals surface area contributed by atoms with Gasteiger partial charge in [0, 0.05) is 18.2 Å². The zero-order chi connectivity index (χ0) is 25.3. The van der Waals surface area contributed by atoms with E-state index in [1.165, 1.54) is 10.6 Å². The number of hydrogen-bond acceptors (Lipinski definition) is 5. The minimum Gasteiger partial charge on any atom is -0.491 e. The molecule has 2 heterocycles. The highest BCUT2D eigenvalue weighted by molar-refractivity contribution is 6.12. The number of amides is 1. The summed E-state index contributed by atoms with van der Waals surface area (Å²) in [5, 5.41) is 2.39. The third-order valence-electron chi connectivity index (χ3n) is 5.67. The molecule has 1 aromatic carbocycles. The van der Waals surface area contributed by atoms with Crippen LogP contribution in [0.4, 0.5) is 18.9 Å². The first-order valence-corrected chi connectivity index (χ1v) is 11.5. The van der Waals surface area contributed by atoms with Crippen molar-refractivity contribution in [1.82, 2.24) is 14.5 Å². The van der Waals surface area contributed by atoms with E-state index in [2.05, 4.69) is 15.3 Å². The topological polar surface area (TPSA) is 106 Å². The number of rotatable bonds is 8. The van der Waals surface area contributed by atoms with Crippen LogP contribution < -0.4 is 21.3 Å². The molecule has 4 rings (SSSR count). The minimum atomic E-state index is -4.63. The van der Waals surface area contributed by atoms with Gasteiger partial charge in [0.1, 0.15) is 5.75 Å². The summed E-state index contributed by atoms with van der Waals surface area (Å²) in [7, 11) is 0. The number of nitrogens with one attached hydrogen (secondary N) is 2. The first-order chi connectivity index (χ1) is 16.6. The van der Waals surface area contributed by atoms with E-state index >= 15 is 0 Å². The summed E-state index contributed by atoms with van der Waals surface area (Å²) in [6.07, 6.45) is -1.73. The van der Waals surface area contributed by atoms with Gasteiger partial charge >= 0.3 is 11.9 Å². The molecular weight excluding hydrogens is 465 g/mol. The number of H-pyrrole nitrogens is 1. The predicted octanol–water partition coefficient (Wildman–Crippen LogP) is 4.43. The number of fused-ring (bicyclic) bond motifs is 1. The van der Waals surface area contributed by atoms with Crippen LogP contribution in [-0.2, 0) is 12.7 Å². The second-order valence-corrected chi connectivity index (χ2v) is 8.49. The van der Waals surface area contributed by atoms with E-state index in [0.717, 1.165) is 31.0 Å². The molecule has 186 valence electrons. The molecule has 11 heteroatoms. The Labute approximate surface area is 198 Å². The number of alkyl halides is 3. The van der Waals surface area contributed by atoms with Crippen molar-refractivity contribution >= 4 is 22.6 Å². The van der Waals surface area contributed by atoms with Crippen LogP contribution >= 0.6 is 0 Å². The normalized spacial score (nSPS) is 13.7. The summed E-state index contributed by atoms with van der Waals surface area (Å²) < 4.78 is 46.8. The summed E-state index contributed by atoms with van der Waals surface area (Å²) in [5.74, 6) is -0.634. The molecule has 0 spiro atoms. The van der Waals surface area contributed by atoms with Crippen molar-refractivity contribution in [2.45, 2.75) is 58.2 Å². The molecule has 0 aliphatic heterocycles. The van der Waals surface area contributed by atoms with Gasteiger partial charge in [0.2, 0.25) is 0 Å². The number of carbonyl (C=O) groups is 1. The number of pyridine rings is 1. The highest BCUT2D eigenvalue weighted by atomic mass is 19.4. The van der Waals surface area contributed by atoms with Crippen molar-refractivity contribution in [3.05, 3.63) is 61.9 Å². The Bertz CT molecular complexity index is 1390. The van der Waals surface area contributed by atoms with E-state index < -0.39 is 28.9 Å². The number of aromatic nitrogens is 3. The molecule has 0 unspecified atom stereocenters. The number of hydrogen-bond donors (Lipinski definition) is 2. The number of ether oxygens (including phenoxy) is 1. The van der Waals surface area contributed by atoms with E-state index in [-0.39, 0.29) is 47.1 Å². The Morgan fingerprint density at radius 2 is 1.94 bits per heavy atom. The highest BCUT2D eigenvalue weighted by Crippen LogP contribution is 2.40. The predicted molar refractivity (Wildman–Crippen MR) is 124 cm³/mol. The molecule has 3 aromatic rings. The van der Waals surface area contributed by atoms with Gasteiger partial charge in [0.05, 0.1) is 28.8 Å². The Kier molecular flexibility index (Phi) is 6.68. The van der Waals surface area contributed by atoms with E-state index in [9.17, 15) is 27.6 Å². The van der Waals surface area contributed by atoms with Crippen LogP contribution in [0.15, 0.2) is 33.9 Å². The number of halogens is 3. The number of carbonyl (C=O) groups excluding carboxylic acids is 1. The lowest BCUT2D eigenvalue weighted by atomic mass is 10.1. The molecule has 1 saturated carbocycles. The zero-order valence-corrected chi connectivity index (χ0v) is 19.3. The molecule has 0 atom stereocenters. The average Bonchev–Trinajstić information content (AvgIpc) is 3.65. The standard InChI is InChI=1S/C24H25F3N4O4/c1-3-9-31-20-19(22(33)30-23(31)34)15(12-16(28-20)13-5-6-13)21(32)29-17-11-14(24(25,26)27)7-8-18(17)35-10-4-2/h7-8,11-13H,3-6,9-10H2,1-2H3,(H,29,32)(H,30,33,34). The highest BCUT2D eigenvalue weighted by Gasteiger charge is 2.32. The Morgan fingerprint density at radius 3 is 2.57 bits per heavy atom. The maximum atomic E-state index is 13.4. The second-order valence-electron chi connectivity index (χ2n) is 8.49. The monoisotopic (exact) mass is 490 g/mol. The summed E-state index contributed by atoms with van der Waals surface area (Å²) in [5.41, 5.74) is -1.97. The number of aryl methyl sites for hydroxylation is 1. The van der Waals surface area contributed by atoms with Crippen LogP contribution in [0, 0.1) is 0 Å². The summed E-state index contributed by atoms with van der Waals surface area (Å²) in [6, 6.07) is 4.30. The van der Waals surface area contributed by atoms with Crippen LogP contribution in [0.3, 0.4) is 0 Å². The number of benzene rings is 1. The lowest BCUT2D eigenvalue weighted by Crippen LogP contribution is -2.32. The number of nitrogens with zero attached hydrogens (tertiary/aromatic N) is 2. The zero-order valence-electron chi connectivity index (χ0n) is 19.3. The van der Waals surface area contributed by atoms with Gasteiger partial charge in [-0.15, -0.1) is 0 Å². The van der Waals surface area contributed by atoms with Crippen molar-refractivity contribution in [3.63, 3.8) is 0 Å². The van der Waals surface area contributed by atoms with Gasteiger partial charge in [-0.1, -0.05) is 13.8 Å². The Balaban J connectivity index is 1.86. The molecule has 2 N–H and O–H groups in total. The summed E-state index contributed by atoms with van der Waals surface area (Å²) in [4.78, 5) is 45.3. The van der Waals surface area contributed by atoms with Crippen molar-refractivity contribution in [3.8, 4) is 5.75 Å². The number of anilines is 1. The molecule has 0 saturated heterocycles. The third-order valence-corrected chi connectivity index (χ3v) is 5.67. The van der Waals surface area contributed by atoms with Crippen LogP contribution in [0.2, 0.25) is 0 Å². The van der Waals surface area contributed by atoms with Crippen molar-refractivity contribution in [2.75, 3.05) is 11.9 Å². The second kappa shape index (κ2) is 9.55. The lowest BCUT2D eigenvalue weighted by molar-refractivity contribution is -0.137. The number of aromatic amines is 1. The van der Waals surface area contributed by atoms with Gasteiger partial charge in [0.15, 0.2) is 5.65 Å². The van der Waals surface area contributed by atoms with E-state index in [1.54, 1.807) is 0 Å². The molecule has 8 nitrogen and oxygen atoms in total. The fraction of sp³-hybridized carbons (Fsp3) is 0.417. The van der Waals surface area contributed by atoms with Crippen LogP contribution in [0.1, 0.15) is 67.1 Å². The fourth-order valence-corrected chi connectivity index (χ4v) is 3.82. The Hall–Kier alpha value is -3.63. The van der Waals surface area contributed by atoms with Gasteiger partial charge in [0.25, 0.3) is 11.5 Å². The molecule has 2 aromatic heterocycles. The third kappa shape index (κ3) is 5.08. The molecule has 35 heavy (non-hydrogen) atoms. The minimum absolute atomic E-state index is 0.0677. The molecule has 1 aliphatic carbocycles. The summed E-state index contributed by atoms with van der Waals surface area (Å²) >= 11 is 0. The van der Waals surface area contributed by atoms with Crippen LogP contribution in [0.5, 0.6) is 5.75 Å². The maximum absolute atomic E-state index is 13.4. The smallest absolute Gasteiger partial charge is 0.416 e. The van der Waals surface area contributed by atoms with Crippen LogP contribution in [0.25, 0.3) is 11.0 Å². The molecule has 0 radical (unpaired) electrons. The van der Waals surface area contributed by atoms with Crippen molar-refractivity contribution in [2.24, 2.45) is 0 Å². The van der Waals surface area contributed by atoms with Gasteiger partial charge < -0.3 is 10.1 Å². The maximum Gasteiger partial charge on any atom is 0.416 e. The van der Waals surface area contributed by atoms with Crippen molar-refractivity contribution < 1.29 is 22.7 Å². The van der Waals surface area contributed by atoms with Gasteiger partial charge in [-0.3, -0.25) is 19.1 Å². The first-order valence-electron chi connectivity index (χ1n) is 11.5. The molecule has 1 fully saturated rings. The molecule has 0 bridgehead atoms. The molecular formula is C24H25F3N4O4. The molecule has 1 amide bonds. The van der Waals surface area contributed by atoms with E-state index in [4.69, 9.17) is 4.74 Å².